The number of benzene rings is 2. The van der Waals surface area contributed by atoms with E-state index in [1.165, 1.54) is 74.2 Å². The van der Waals surface area contributed by atoms with Gasteiger partial charge in [-0.15, -0.1) is 0 Å². The van der Waals surface area contributed by atoms with E-state index in [-0.39, 0.29) is 21.2 Å². The van der Waals surface area contributed by atoms with Crippen molar-refractivity contribution in [3.8, 4) is 0 Å². The minimum Gasteiger partial charge on any atom is -0.0654 e. The zero-order chi connectivity index (χ0) is 17.6. The Bertz CT molecular complexity index is 561. The largest absolute Gasteiger partial charge is 0.358 e. The molecule has 25 heavy (non-hydrogen) atoms. The molecule has 2 aromatic rings. The Morgan fingerprint density at radius 2 is 1.16 bits per heavy atom. The van der Waals surface area contributed by atoms with Crippen molar-refractivity contribution in [3.05, 3.63) is 67.3 Å². The quantitative estimate of drug-likeness (QED) is 0.316. The Morgan fingerprint density at radius 1 is 0.600 bits per heavy atom. The SMILES string of the molecule is CCCCCCCCCCCCc1ccccc1[I+]c1ccccc1. The first kappa shape index (κ1) is 20.5. The Hall–Kier alpha value is -0.830. The highest BCUT2D eigenvalue weighted by molar-refractivity contribution is 5.14. The normalized spacial score (nSPS) is 10.9. The van der Waals surface area contributed by atoms with Crippen molar-refractivity contribution in [3.63, 3.8) is 0 Å². The number of hydrogen-bond donors (Lipinski definition) is 0. The van der Waals surface area contributed by atoms with Crippen LogP contribution in [-0.4, -0.2) is 0 Å². The topological polar surface area (TPSA) is 0 Å². The molecule has 0 atom stereocenters. The number of rotatable bonds is 13. The molecule has 0 unspecified atom stereocenters. The van der Waals surface area contributed by atoms with E-state index in [4.69, 9.17) is 0 Å². The molecule has 0 amide bonds. The van der Waals surface area contributed by atoms with E-state index in [9.17, 15) is 0 Å². The van der Waals surface area contributed by atoms with Gasteiger partial charge in [-0.1, -0.05) is 101 Å². The molecule has 0 aliphatic carbocycles. The van der Waals surface area contributed by atoms with Gasteiger partial charge in [0, 0.05) is 5.56 Å². The number of unbranched alkanes of at least 4 members (excludes halogenated alkanes) is 9. The summed E-state index contributed by atoms with van der Waals surface area (Å²) in [5, 5.41) is 0. The number of hydrogen-bond acceptors (Lipinski definition) is 0. The van der Waals surface area contributed by atoms with Gasteiger partial charge < -0.3 is 0 Å². The molecule has 0 heterocycles. The first-order valence-electron chi connectivity index (χ1n) is 10.2. The van der Waals surface area contributed by atoms with Crippen molar-refractivity contribution in [2.45, 2.75) is 77.6 Å². The Morgan fingerprint density at radius 3 is 1.84 bits per heavy atom. The second-order valence-corrected chi connectivity index (χ2v) is 9.86. The Kier molecular flexibility index (Phi) is 11.0. The third-order valence-corrected chi connectivity index (χ3v) is 7.68. The Labute approximate surface area is 165 Å². The van der Waals surface area contributed by atoms with E-state index < -0.39 is 0 Å². The molecule has 0 radical (unpaired) electrons. The lowest BCUT2D eigenvalue weighted by Crippen LogP contribution is -3.61. The average Bonchev–Trinajstić information content (AvgIpc) is 2.65. The Balaban J connectivity index is 1.63. The fraction of sp³-hybridized carbons (Fsp3) is 0.500. The van der Waals surface area contributed by atoms with Crippen molar-refractivity contribution in [1.82, 2.24) is 0 Å². The summed E-state index contributed by atoms with van der Waals surface area (Å²) in [6.07, 6.45) is 15.4. The molecule has 0 aliphatic rings. The molecule has 136 valence electrons. The molecule has 0 spiro atoms. The highest BCUT2D eigenvalue weighted by Gasteiger charge is 2.18. The van der Waals surface area contributed by atoms with E-state index in [2.05, 4.69) is 61.5 Å². The summed E-state index contributed by atoms with van der Waals surface area (Å²) in [5.74, 6) is 0. The van der Waals surface area contributed by atoms with E-state index in [1.807, 2.05) is 0 Å². The third-order valence-electron chi connectivity index (χ3n) is 4.70. The lowest BCUT2D eigenvalue weighted by Gasteiger charge is -2.03. The molecular weight excluding hydrogens is 415 g/mol. The van der Waals surface area contributed by atoms with Gasteiger partial charge in [-0.25, -0.2) is 0 Å². The fourth-order valence-electron chi connectivity index (χ4n) is 3.19. The standard InChI is InChI=1S/C24H34I/c1-2-3-4-5-6-7-8-9-10-12-17-22-18-15-16-21-24(22)25-23-19-13-11-14-20-23/h11,13-16,18-21H,2-10,12,17H2,1H3/q+1. The summed E-state index contributed by atoms with van der Waals surface area (Å²) < 4.78 is 3.14. The lowest BCUT2D eigenvalue weighted by molar-refractivity contribution is -0.598. The minimum atomic E-state index is -0.0330. The summed E-state index contributed by atoms with van der Waals surface area (Å²) in [4.78, 5) is 0. The molecule has 0 N–H and O–H groups in total. The van der Waals surface area contributed by atoms with Crippen LogP contribution in [0.25, 0.3) is 0 Å². The maximum absolute atomic E-state index is 2.35. The van der Waals surface area contributed by atoms with E-state index in [0.717, 1.165) is 0 Å². The summed E-state index contributed by atoms with van der Waals surface area (Å²) in [6.45, 7) is 2.29. The van der Waals surface area contributed by atoms with Gasteiger partial charge in [0.2, 0.25) is 0 Å². The van der Waals surface area contributed by atoms with Gasteiger partial charge in [0.25, 0.3) is 0 Å². The van der Waals surface area contributed by atoms with Crippen molar-refractivity contribution in [1.29, 1.82) is 0 Å². The molecule has 2 aromatic carbocycles. The van der Waals surface area contributed by atoms with Gasteiger partial charge in [-0.3, -0.25) is 0 Å². The fourth-order valence-corrected chi connectivity index (χ4v) is 5.82. The highest BCUT2D eigenvalue weighted by Crippen LogP contribution is 2.12. The lowest BCUT2D eigenvalue weighted by atomic mass is 10.0. The van der Waals surface area contributed by atoms with Crippen LogP contribution in [0.1, 0.15) is 76.7 Å². The maximum Gasteiger partial charge on any atom is 0.358 e. The van der Waals surface area contributed by atoms with Crippen LogP contribution in [0.5, 0.6) is 0 Å². The molecule has 0 saturated heterocycles. The van der Waals surface area contributed by atoms with Crippen LogP contribution in [0.4, 0.5) is 0 Å². The van der Waals surface area contributed by atoms with Crippen molar-refractivity contribution in [2.24, 2.45) is 0 Å². The molecule has 1 heteroatoms. The van der Waals surface area contributed by atoms with Crippen molar-refractivity contribution in [2.75, 3.05) is 0 Å². The van der Waals surface area contributed by atoms with E-state index >= 15 is 0 Å². The molecule has 0 saturated carbocycles. The van der Waals surface area contributed by atoms with Crippen LogP contribution in [0, 0.1) is 7.14 Å². The molecule has 0 fully saturated rings. The van der Waals surface area contributed by atoms with Gasteiger partial charge in [0.15, 0.2) is 7.14 Å². The van der Waals surface area contributed by atoms with Crippen LogP contribution in [-0.2, 0) is 6.42 Å². The van der Waals surface area contributed by atoms with Crippen LogP contribution < -0.4 is 21.2 Å². The van der Waals surface area contributed by atoms with Gasteiger partial charge in [0.1, 0.15) is 0 Å². The summed E-state index contributed by atoms with van der Waals surface area (Å²) in [6, 6.07) is 20.1. The van der Waals surface area contributed by atoms with Gasteiger partial charge in [-0.05, 0) is 31.0 Å². The van der Waals surface area contributed by atoms with Gasteiger partial charge in [-0.2, -0.15) is 0 Å². The molecule has 2 rings (SSSR count). The van der Waals surface area contributed by atoms with Crippen LogP contribution in [0.15, 0.2) is 54.6 Å². The van der Waals surface area contributed by atoms with Gasteiger partial charge >= 0.3 is 21.2 Å². The van der Waals surface area contributed by atoms with E-state index in [0.29, 0.717) is 0 Å². The molecule has 0 aromatic heterocycles. The number of halogens is 1. The summed E-state index contributed by atoms with van der Waals surface area (Å²) in [5.41, 5.74) is 1.60. The summed E-state index contributed by atoms with van der Waals surface area (Å²) in [7, 11) is 0. The smallest absolute Gasteiger partial charge is 0.0654 e. The monoisotopic (exact) mass is 449 g/mol. The second kappa shape index (κ2) is 13.4. The van der Waals surface area contributed by atoms with E-state index in [1.54, 1.807) is 9.13 Å². The molecule has 0 bridgehead atoms. The average molecular weight is 449 g/mol. The van der Waals surface area contributed by atoms with Crippen LogP contribution >= 0.6 is 0 Å². The zero-order valence-corrected chi connectivity index (χ0v) is 18.0. The minimum absolute atomic E-state index is 0.0330. The highest BCUT2D eigenvalue weighted by atomic mass is 127. The predicted molar refractivity (Wildman–Crippen MR) is 106 cm³/mol. The molecule has 0 aliphatic heterocycles. The van der Waals surface area contributed by atoms with Crippen molar-refractivity contribution < 1.29 is 21.2 Å². The third kappa shape index (κ3) is 8.89. The van der Waals surface area contributed by atoms with Gasteiger partial charge in [0.05, 0.1) is 0 Å². The van der Waals surface area contributed by atoms with Crippen LogP contribution in [0.2, 0.25) is 0 Å². The number of aryl methyl sites for hydroxylation is 1. The first-order chi connectivity index (χ1) is 12.4. The summed E-state index contributed by atoms with van der Waals surface area (Å²) >= 11 is -0.0330. The maximum atomic E-state index is 2.35. The predicted octanol–water partition coefficient (Wildman–Crippen LogP) is 4.28. The molecule has 0 nitrogen and oxygen atoms in total. The molecular formula is C24H34I+. The van der Waals surface area contributed by atoms with Crippen molar-refractivity contribution >= 4 is 0 Å². The second-order valence-electron chi connectivity index (χ2n) is 6.91. The zero-order valence-electron chi connectivity index (χ0n) is 15.9. The van der Waals surface area contributed by atoms with Crippen LogP contribution in [0.3, 0.4) is 0 Å². The first-order valence-corrected chi connectivity index (χ1v) is 12.3.